The Morgan fingerprint density at radius 3 is 2.57 bits per heavy atom. The molecule has 2 rings (SSSR count). The van der Waals surface area contributed by atoms with Gasteiger partial charge >= 0.3 is 0 Å². The second kappa shape index (κ2) is 8.41. The van der Waals surface area contributed by atoms with Crippen molar-refractivity contribution in [2.45, 2.75) is 33.7 Å². The van der Waals surface area contributed by atoms with Gasteiger partial charge in [-0.25, -0.2) is 0 Å². The predicted octanol–water partition coefficient (Wildman–Crippen LogP) is 1.64. The van der Waals surface area contributed by atoms with Crippen molar-refractivity contribution in [3.63, 3.8) is 0 Å². The van der Waals surface area contributed by atoms with Crippen LogP contribution >= 0.6 is 0 Å². The molecule has 0 spiro atoms. The molecule has 0 aliphatic heterocycles. The highest BCUT2D eigenvalue weighted by Crippen LogP contribution is 2.12. The molecule has 0 bridgehead atoms. The third-order valence-electron chi connectivity index (χ3n) is 3.96. The maximum Gasteiger partial charge on any atom is 0.191 e. The normalized spacial score (nSPS) is 11.7. The highest BCUT2D eigenvalue weighted by Gasteiger charge is 2.08. The lowest BCUT2D eigenvalue weighted by Gasteiger charge is -2.11. The third kappa shape index (κ3) is 4.87. The number of rotatable bonds is 7. The van der Waals surface area contributed by atoms with Gasteiger partial charge in [-0.1, -0.05) is 0 Å². The summed E-state index contributed by atoms with van der Waals surface area (Å²) >= 11 is 0. The number of hydrogen-bond donors (Lipinski definition) is 2. The first-order valence-corrected chi connectivity index (χ1v) is 8.23. The SMILES string of the molecule is CCNC(=NCCc1c(C)nn(C)c1C)NCCn1cccc1. The molecule has 2 aromatic rings. The zero-order valence-electron chi connectivity index (χ0n) is 14.6. The molecule has 0 saturated heterocycles. The van der Waals surface area contributed by atoms with Crippen LogP contribution in [0.15, 0.2) is 29.5 Å². The van der Waals surface area contributed by atoms with E-state index in [-0.39, 0.29) is 0 Å². The summed E-state index contributed by atoms with van der Waals surface area (Å²) in [6, 6.07) is 4.08. The quantitative estimate of drug-likeness (QED) is 0.603. The summed E-state index contributed by atoms with van der Waals surface area (Å²) in [6.07, 6.45) is 5.05. The summed E-state index contributed by atoms with van der Waals surface area (Å²) in [6.45, 7) is 9.65. The van der Waals surface area contributed by atoms with E-state index in [1.165, 1.54) is 11.3 Å². The van der Waals surface area contributed by atoms with Crippen LogP contribution in [0.3, 0.4) is 0 Å². The predicted molar refractivity (Wildman–Crippen MR) is 94.8 cm³/mol. The van der Waals surface area contributed by atoms with E-state index in [0.717, 1.165) is 44.3 Å². The van der Waals surface area contributed by atoms with Crippen molar-refractivity contribution in [2.24, 2.45) is 12.0 Å². The Kier molecular flexibility index (Phi) is 6.26. The number of aromatic nitrogens is 3. The Balaban J connectivity index is 1.85. The van der Waals surface area contributed by atoms with Crippen molar-refractivity contribution < 1.29 is 0 Å². The molecular formula is C17H28N6. The van der Waals surface area contributed by atoms with Crippen LogP contribution in [0.25, 0.3) is 0 Å². The summed E-state index contributed by atoms with van der Waals surface area (Å²) in [5.74, 6) is 0.874. The van der Waals surface area contributed by atoms with Crippen molar-refractivity contribution in [2.75, 3.05) is 19.6 Å². The van der Waals surface area contributed by atoms with Gasteiger partial charge in [-0.3, -0.25) is 9.67 Å². The molecule has 126 valence electrons. The standard InChI is InChI=1S/C17H28N6/c1-5-18-17(20-10-13-23-11-6-7-12-23)19-9-8-16-14(2)21-22(4)15(16)3/h6-7,11-12H,5,8-10,13H2,1-4H3,(H2,18,19,20). The van der Waals surface area contributed by atoms with Crippen LogP contribution in [0, 0.1) is 13.8 Å². The molecule has 0 fully saturated rings. The van der Waals surface area contributed by atoms with Gasteiger partial charge in [0.05, 0.1) is 5.69 Å². The number of nitrogens with one attached hydrogen (secondary N) is 2. The lowest BCUT2D eigenvalue weighted by atomic mass is 10.1. The molecule has 2 aromatic heterocycles. The number of aryl methyl sites for hydroxylation is 2. The molecule has 2 N–H and O–H groups in total. The summed E-state index contributed by atoms with van der Waals surface area (Å²) in [7, 11) is 1.99. The first kappa shape index (κ1) is 17.1. The molecule has 0 aliphatic rings. The summed E-state index contributed by atoms with van der Waals surface area (Å²) in [5.41, 5.74) is 3.63. The van der Waals surface area contributed by atoms with Gasteiger partial charge in [-0.05, 0) is 44.9 Å². The van der Waals surface area contributed by atoms with E-state index in [1.54, 1.807) is 0 Å². The monoisotopic (exact) mass is 316 g/mol. The van der Waals surface area contributed by atoms with Crippen LogP contribution in [0.2, 0.25) is 0 Å². The van der Waals surface area contributed by atoms with Gasteiger partial charge in [0.15, 0.2) is 5.96 Å². The van der Waals surface area contributed by atoms with Crippen molar-refractivity contribution in [1.29, 1.82) is 0 Å². The van der Waals surface area contributed by atoms with E-state index in [9.17, 15) is 0 Å². The van der Waals surface area contributed by atoms with Crippen molar-refractivity contribution in [1.82, 2.24) is 25.0 Å². The molecule has 0 atom stereocenters. The smallest absolute Gasteiger partial charge is 0.191 e. The molecule has 23 heavy (non-hydrogen) atoms. The maximum atomic E-state index is 4.67. The molecule has 0 amide bonds. The van der Waals surface area contributed by atoms with Gasteiger partial charge in [-0.15, -0.1) is 0 Å². The number of hydrogen-bond acceptors (Lipinski definition) is 2. The minimum atomic E-state index is 0.756. The molecule has 6 heteroatoms. The Bertz CT molecular complexity index is 624. The van der Waals surface area contributed by atoms with E-state index in [4.69, 9.17) is 0 Å². The fourth-order valence-electron chi connectivity index (χ4n) is 2.62. The van der Waals surface area contributed by atoms with Gasteiger partial charge < -0.3 is 15.2 Å². The molecule has 0 radical (unpaired) electrons. The average molecular weight is 316 g/mol. The average Bonchev–Trinajstić information content (AvgIpc) is 3.11. The fourth-order valence-corrected chi connectivity index (χ4v) is 2.62. The molecule has 0 aliphatic carbocycles. The summed E-state index contributed by atoms with van der Waals surface area (Å²) in [5, 5.41) is 11.1. The number of aliphatic imine (C=N–C) groups is 1. The lowest BCUT2D eigenvalue weighted by Crippen LogP contribution is -2.39. The lowest BCUT2D eigenvalue weighted by molar-refractivity contribution is 0.665. The first-order valence-electron chi connectivity index (χ1n) is 8.23. The molecule has 0 aromatic carbocycles. The number of nitrogens with zero attached hydrogens (tertiary/aromatic N) is 4. The first-order chi connectivity index (χ1) is 11.1. The minimum Gasteiger partial charge on any atom is -0.357 e. The second-order valence-corrected chi connectivity index (χ2v) is 5.63. The van der Waals surface area contributed by atoms with Crippen LogP contribution < -0.4 is 10.6 Å². The van der Waals surface area contributed by atoms with E-state index in [2.05, 4.69) is 58.5 Å². The van der Waals surface area contributed by atoms with Gasteiger partial charge in [0.1, 0.15) is 0 Å². The van der Waals surface area contributed by atoms with Crippen LogP contribution in [-0.2, 0) is 20.0 Å². The van der Waals surface area contributed by atoms with Crippen molar-refractivity contribution in [3.05, 3.63) is 41.5 Å². The zero-order valence-corrected chi connectivity index (χ0v) is 14.6. The van der Waals surface area contributed by atoms with Crippen LogP contribution in [0.1, 0.15) is 23.9 Å². The van der Waals surface area contributed by atoms with Gasteiger partial charge in [0.2, 0.25) is 0 Å². The summed E-state index contributed by atoms with van der Waals surface area (Å²) in [4.78, 5) is 4.67. The van der Waals surface area contributed by atoms with Gasteiger partial charge in [0, 0.05) is 51.3 Å². The molecule has 0 saturated carbocycles. The highest BCUT2D eigenvalue weighted by atomic mass is 15.3. The largest absolute Gasteiger partial charge is 0.357 e. The van der Waals surface area contributed by atoms with Gasteiger partial charge in [0.25, 0.3) is 0 Å². The highest BCUT2D eigenvalue weighted by molar-refractivity contribution is 5.79. The Hall–Kier alpha value is -2.24. The molecular weight excluding hydrogens is 288 g/mol. The molecule has 2 heterocycles. The van der Waals surface area contributed by atoms with E-state index in [1.807, 2.05) is 23.9 Å². The van der Waals surface area contributed by atoms with Crippen molar-refractivity contribution in [3.8, 4) is 0 Å². The zero-order chi connectivity index (χ0) is 16.7. The van der Waals surface area contributed by atoms with Gasteiger partial charge in [-0.2, -0.15) is 5.10 Å². The van der Waals surface area contributed by atoms with Crippen LogP contribution in [-0.4, -0.2) is 39.9 Å². The van der Waals surface area contributed by atoms with Crippen LogP contribution in [0.5, 0.6) is 0 Å². The van der Waals surface area contributed by atoms with E-state index >= 15 is 0 Å². The van der Waals surface area contributed by atoms with Crippen molar-refractivity contribution >= 4 is 5.96 Å². The molecule has 0 unspecified atom stereocenters. The molecule has 6 nitrogen and oxygen atoms in total. The number of guanidine groups is 1. The topological polar surface area (TPSA) is 59.2 Å². The second-order valence-electron chi connectivity index (χ2n) is 5.63. The third-order valence-corrected chi connectivity index (χ3v) is 3.96. The maximum absolute atomic E-state index is 4.67. The fraction of sp³-hybridized carbons (Fsp3) is 0.529. The van der Waals surface area contributed by atoms with E-state index < -0.39 is 0 Å². The minimum absolute atomic E-state index is 0.756. The Morgan fingerprint density at radius 2 is 1.96 bits per heavy atom. The Morgan fingerprint density at radius 1 is 1.22 bits per heavy atom. The Labute approximate surface area is 138 Å². The summed E-state index contributed by atoms with van der Waals surface area (Å²) < 4.78 is 4.09. The van der Waals surface area contributed by atoms with Crippen LogP contribution in [0.4, 0.5) is 0 Å². The van der Waals surface area contributed by atoms with E-state index in [0.29, 0.717) is 0 Å².